The van der Waals surface area contributed by atoms with Crippen LogP contribution in [0.3, 0.4) is 0 Å². The molecule has 164 valence electrons. The van der Waals surface area contributed by atoms with E-state index in [-0.39, 0.29) is 4.47 Å². The Kier molecular flexibility index (Phi) is 5.43. The van der Waals surface area contributed by atoms with Gasteiger partial charge in [-0.15, -0.1) is 0 Å². The Labute approximate surface area is 171 Å². The molecule has 1 saturated carbocycles. The normalized spacial score (nSPS) is 25.3. The van der Waals surface area contributed by atoms with Crippen LogP contribution >= 0.6 is 39.1 Å². The summed E-state index contributed by atoms with van der Waals surface area (Å²) < 4.78 is 150. The second kappa shape index (κ2) is 6.49. The molecule has 0 saturated heterocycles. The van der Waals surface area contributed by atoms with E-state index in [1.54, 1.807) is 0 Å². The third-order valence-corrected chi connectivity index (χ3v) is 5.05. The third-order valence-electron chi connectivity index (χ3n) is 4.00. The first-order valence-electron chi connectivity index (χ1n) is 6.75. The molecule has 0 aromatic heterocycles. The van der Waals surface area contributed by atoms with Gasteiger partial charge in [-0.25, -0.2) is 4.39 Å². The predicted octanol–water partition coefficient (Wildman–Crippen LogP) is 6.59. The highest BCUT2D eigenvalue weighted by Crippen LogP contribution is 2.69. The minimum atomic E-state index is -7.42. The highest BCUT2D eigenvalue weighted by Gasteiger charge is 3.02. The van der Waals surface area contributed by atoms with E-state index in [1.165, 1.54) is 0 Å². The molecule has 1 aromatic rings. The number of amides is 1. The molecule has 0 atom stereocenters. The van der Waals surface area contributed by atoms with E-state index in [9.17, 15) is 53.1 Å². The van der Waals surface area contributed by atoms with Crippen molar-refractivity contribution in [2.75, 3.05) is 5.32 Å². The fourth-order valence-electron chi connectivity index (χ4n) is 2.37. The molecule has 1 aromatic carbocycles. The third kappa shape index (κ3) is 2.70. The number of rotatable bonds is 2. The Balaban J connectivity index is 2.73. The van der Waals surface area contributed by atoms with Crippen LogP contribution in [0.15, 0.2) is 16.6 Å². The zero-order chi connectivity index (χ0) is 23.0. The van der Waals surface area contributed by atoms with Crippen molar-refractivity contribution in [2.24, 2.45) is 0 Å². The van der Waals surface area contributed by atoms with Crippen molar-refractivity contribution in [2.45, 2.75) is 35.3 Å². The molecule has 0 aliphatic heterocycles. The van der Waals surface area contributed by atoms with Gasteiger partial charge in [-0.1, -0.05) is 39.1 Å². The summed E-state index contributed by atoms with van der Waals surface area (Å²) in [5, 5.41) is -0.654. The summed E-state index contributed by atoms with van der Waals surface area (Å²) in [7, 11) is 0. The van der Waals surface area contributed by atoms with E-state index < -0.39 is 56.9 Å². The van der Waals surface area contributed by atoms with Gasteiger partial charge in [0.25, 0.3) is 5.91 Å². The molecule has 2 rings (SSSR count). The van der Waals surface area contributed by atoms with Crippen molar-refractivity contribution in [1.29, 1.82) is 0 Å². The fraction of sp³-hybridized carbons (Fsp3) is 0.462. The molecule has 2 nitrogen and oxygen atoms in total. The van der Waals surface area contributed by atoms with Crippen molar-refractivity contribution >= 4 is 50.7 Å². The molecule has 0 radical (unpaired) electrons. The van der Waals surface area contributed by atoms with Crippen LogP contribution in [0, 0.1) is 0 Å². The molecule has 0 bridgehead atoms. The maximum atomic E-state index is 14.6. The van der Waals surface area contributed by atoms with Gasteiger partial charge < -0.3 is 5.32 Å². The van der Waals surface area contributed by atoms with Crippen molar-refractivity contribution < 1.29 is 53.1 Å². The van der Waals surface area contributed by atoms with E-state index in [1.807, 2.05) is 0 Å². The number of carbonyl (C=O) groups is 1. The SMILES string of the molecule is O=C(Nc1c(Cl)cc(Br)cc1Cl)C1(F)C(F)(F)C(F)(F)C(F)(F)C(F)(F)C1(F)F. The minimum absolute atomic E-state index is 0.0477. The number of halogens is 14. The molecule has 0 unspecified atom stereocenters. The first-order chi connectivity index (χ1) is 12.7. The second-order valence-corrected chi connectivity index (χ2v) is 7.46. The lowest BCUT2D eigenvalue weighted by atomic mass is 9.71. The van der Waals surface area contributed by atoms with Crippen molar-refractivity contribution in [1.82, 2.24) is 0 Å². The Morgan fingerprint density at radius 3 is 1.38 bits per heavy atom. The summed E-state index contributed by atoms with van der Waals surface area (Å²) in [4.78, 5) is 11.8. The highest BCUT2D eigenvalue weighted by molar-refractivity contribution is 9.10. The Morgan fingerprint density at radius 1 is 0.724 bits per heavy atom. The first-order valence-corrected chi connectivity index (χ1v) is 8.30. The fourth-order valence-corrected chi connectivity index (χ4v) is 3.67. The van der Waals surface area contributed by atoms with Gasteiger partial charge in [-0.3, -0.25) is 4.79 Å². The van der Waals surface area contributed by atoms with Crippen LogP contribution in [0.5, 0.6) is 0 Å². The van der Waals surface area contributed by atoms with Gasteiger partial charge in [0.1, 0.15) is 0 Å². The predicted molar refractivity (Wildman–Crippen MR) is 81.4 cm³/mol. The van der Waals surface area contributed by atoms with Crippen LogP contribution in [-0.4, -0.2) is 41.2 Å². The molecular weight excluding hydrogens is 546 g/mol. The van der Waals surface area contributed by atoms with Gasteiger partial charge in [0, 0.05) is 4.47 Å². The summed E-state index contributed by atoms with van der Waals surface area (Å²) in [6.07, 6.45) is 0. The summed E-state index contributed by atoms with van der Waals surface area (Å²) in [6.45, 7) is 0. The van der Waals surface area contributed by atoms with Gasteiger partial charge in [0.05, 0.1) is 15.7 Å². The average Bonchev–Trinajstić information content (AvgIpc) is 2.55. The second-order valence-electron chi connectivity index (χ2n) is 5.73. The lowest BCUT2D eigenvalue weighted by Crippen LogP contribution is -2.86. The maximum absolute atomic E-state index is 14.6. The molecule has 1 fully saturated rings. The van der Waals surface area contributed by atoms with Crippen LogP contribution in [0.1, 0.15) is 0 Å². The summed E-state index contributed by atoms with van der Waals surface area (Å²) in [6, 6.07) is 1.67. The van der Waals surface area contributed by atoms with Gasteiger partial charge in [0.15, 0.2) is 0 Å². The number of hydrogen-bond donors (Lipinski definition) is 1. The molecule has 1 amide bonds. The van der Waals surface area contributed by atoms with Crippen LogP contribution in [0.25, 0.3) is 0 Å². The molecule has 29 heavy (non-hydrogen) atoms. The quantitative estimate of drug-likeness (QED) is 0.415. The first kappa shape index (κ1) is 24.3. The molecule has 16 heteroatoms. The smallest absolute Gasteiger partial charge is 0.320 e. The number of nitrogens with one attached hydrogen (secondary N) is 1. The number of hydrogen-bond acceptors (Lipinski definition) is 1. The topological polar surface area (TPSA) is 29.1 Å². The van der Waals surface area contributed by atoms with Crippen molar-refractivity contribution in [3.05, 3.63) is 26.7 Å². The van der Waals surface area contributed by atoms with Crippen molar-refractivity contribution in [3.8, 4) is 0 Å². The van der Waals surface area contributed by atoms with Gasteiger partial charge in [0.2, 0.25) is 0 Å². The van der Waals surface area contributed by atoms with Crippen LogP contribution in [0.4, 0.5) is 54.0 Å². The lowest BCUT2D eigenvalue weighted by Gasteiger charge is -2.51. The van der Waals surface area contributed by atoms with Crippen molar-refractivity contribution in [3.63, 3.8) is 0 Å². The van der Waals surface area contributed by atoms with E-state index in [2.05, 4.69) is 15.9 Å². The van der Waals surface area contributed by atoms with Crippen LogP contribution in [-0.2, 0) is 4.79 Å². The maximum Gasteiger partial charge on any atom is 0.384 e. The van der Waals surface area contributed by atoms with E-state index >= 15 is 0 Å². The summed E-state index contributed by atoms with van der Waals surface area (Å²) in [5.74, 6) is -40.3. The highest BCUT2D eigenvalue weighted by atomic mass is 79.9. The molecule has 1 N–H and O–H groups in total. The molecule has 0 heterocycles. The molecule has 1 aliphatic rings. The van der Waals surface area contributed by atoms with Gasteiger partial charge in [-0.05, 0) is 12.1 Å². The van der Waals surface area contributed by atoms with E-state index in [0.29, 0.717) is 0 Å². The number of carbonyl (C=O) groups excluding carboxylic acids is 1. The zero-order valence-corrected chi connectivity index (χ0v) is 16.0. The van der Waals surface area contributed by atoms with E-state index in [0.717, 1.165) is 17.4 Å². The molecule has 1 aliphatic carbocycles. The van der Waals surface area contributed by atoms with Crippen LogP contribution in [0.2, 0.25) is 10.0 Å². The Morgan fingerprint density at radius 2 is 1.03 bits per heavy atom. The molecule has 0 spiro atoms. The average molecular weight is 549 g/mol. The Hall–Kier alpha value is -1.02. The molecular formula is C13H3BrCl2F11NO. The zero-order valence-electron chi connectivity index (χ0n) is 12.9. The number of alkyl halides is 11. The van der Waals surface area contributed by atoms with Crippen LogP contribution < -0.4 is 5.32 Å². The monoisotopic (exact) mass is 547 g/mol. The Bertz CT molecular complexity index is 823. The van der Waals surface area contributed by atoms with E-state index in [4.69, 9.17) is 23.2 Å². The van der Waals surface area contributed by atoms with Gasteiger partial charge >= 0.3 is 35.3 Å². The number of benzene rings is 1. The largest absolute Gasteiger partial charge is 0.384 e. The number of anilines is 1. The summed E-state index contributed by atoms with van der Waals surface area (Å²) in [5.41, 5.74) is -7.96. The lowest BCUT2D eigenvalue weighted by molar-refractivity contribution is -0.475. The summed E-state index contributed by atoms with van der Waals surface area (Å²) >= 11 is 13.8. The standard InChI is InChI=1S/C13H3BrCl2F11NO/c14-3-1-4(15)6(5(16)2-3)28-7(29)8(17)9(18,19)11(22,23)13(26,27)12(24,25)10(8,20)21/h1-2H,(H,28,29). The minimum Gasteiger partial charge on any atom is -0.320 e. The van der Waals surface area contributed by atoms with Gasteiger partial charge in [-0.2, -0.15) is 43.9 Å².